The second-order valence-electron chi connectivity index (χ2n) is 5.62. The normalized spacial score (nSPS) is 29.2. The van der Waals surface area contributed by atoms with Gasteiger partial charge in [0.1, 0.15) is 0 Å². The summed E-state index contributed by atoms with van der Waals surface area (Å²) in [5.74, 6) is 2.27. The molecule has 1 aliphatic rings. The number of hydrogen-bond donors (Lipinski definition) is 1. The highest BCUT2D eigenvalue weighted by molar-refractivity contribution is 5.05. The van der Waals surface area contributed by atoms with Crippen LogP contribution in [0.5, 0.6) is 0 Å². The second kappa shape index (κ2) is 5.83. The van der Waals surface area contributed by atoms with E-state index in [1.54, 1.807) is 0 Å². The Balaban J connectivity index is 2.09. The van der Waals surface area contributed by atoms with Crippen LogP contribution in [-0.2, 0) is 12.0 Å². The first-order chi connectivity index (χ1) is 8.68. The van der Waals surface area contributed by atoms with Gasteiger partial charge in [-0.3, -0.25) is 0 Å². The van der Waals surface area contributed by atoms with Gasteiger partial charge in [0.05, 0.1) is 5.54 Å². The average molecular weight is 251 g/mol. The van der Waals surface area contributed by atoms with Crippen LogP contribution in [0.15, 0.2) is 4.52 Å². The largest absolute Gasteiger partial charge is 0.339 e. The van der Waals surface area contributed by atoms with Gasteiger partial charge in [-0.15, -0.1) is 0 Å². The number of hydrogen-bond acceptors (Lipinski definition) is 4. The standard InChI is InChI=1S/C14H25N3O/c1-3-6-12-16-13(17-18-12)14(15)9-5-7-11(4-2)8-10-14/h11H,3-10,15H2,1-2H3. The molecule has 2 atom stereocenters. The molecule has 1 aliphatic carbocycles. The Bertz CT molecular complexity index is 377. The quantitative estimate of drug-likeness (QED) is 0.835. The van der Waals surface area contributed by atoms with Crippen LogP contribution in [-0.4, -0.2) is 10.1 Å². The minimum Gasteiger partial charge on any atom is -0.339 e. The van der Waals surface area contributed by atoms with Gasteiger partial charge in [0, 0.05) is 6.42 Å². The number of nitrogens with two attached hydrogens (primary N) is 1. The first-order valence-electron chi connectivity index (χ1n) is 7.30. The maximum absolute atomic E-state index is 6.52. The summed E-state index contributed by atoms with van der Waals surface area (Å²) in [6.45, 7) is 4.38. The Kier molecular flexibility index (Phi) is 4.38. The summed E-state index contributed by atoms with van der Waals surface area (Å²) in [6, 6.07) is 0. The van der Waals surface area contributed by atoms with Crippen molar-refractivity contribution in [2.24, 2.45) is 11.7 Å². The highest BCUT2D eigenvalue weighted by Gasteiger charge is 2.34. The van der Waals surface area contributed by atoms with Crippen LogP contribution in [0.25, 0.3) is 0 Å². The summed E-state index contributed by atoms with van der Waals surface area (Å²) in [7, 11) is 0. The molecule has 18 heavy (non-hydrogen) atoms. The first kappa shape index (κ1) is 13.5. The topological polar surface area (TPSA) is 64.9 Å². The van der Waals surface area contributed by atoms with Gasteiger partial charge in [-0.05, 0) is 31.6 Å². The molecule has 2 N–H and O–H groups in total. The lowest BCUT2D eigenvalue weighted by molar-refractivity contribution is 0.320. The minimum absolute atomic E-state index is 0.362. The Hall–Kier alpha value is -0.900. The molecule has 1 aromatic rings. The van der Waals surface area contributed by atoms with Crippen molar-refractivity contribution in [1.29, 1.82) is 0 Å². The van der Waals surface area contributed by atoms with Crippen molar-refractivity contribution in [2.75, 3.05) is 0 Å². The van der Waals surface area contributed by atoms with Crippen LogP contribution in [0, 0.1) is 5.92 Å². The van der Waals surface area contributed by atoms with Crippen molar-refractivity contribution in [3.63, 3.8) is 0 Å². The number of nitrogens with zero attached hydrogens (tertiary/aromatic N) is 2. The zero-order valence-corrected chi connectivity index (χ0v) is 11.6. The SMILES string of the molecule is CCCc1nc(C2(N)CCCC(CC)CC2)no1. The Labute approximate surface area is 109 Å². The molecule has 0 saturated heterocycles. The molecule has 0 aromatic carbocycles. The molecule has 2 unspecified atom stereocenters. The van der Waals surface area contributed by atoms with Crippen molar-refractivity contribution in [3.05, 3.63) is 11.7 Å². The summed E-state index contributed by atoms with van der Waals surface area (Å²) in [5.41, 5.74) is 6.16. The molecule has 1 fully saturated rings. The van der Waals surface area contributed by atoms with E-state index in [2.05, 4.69) is 24.0 Å². The molecular weight excluding hydrogens is 226 g/mol. The molecule has 2 rings (SSSR count). The summed E-state index contributed by atoms with van der Waals surface area (Å²) in [4.78, 5) is 4.49. The molecule has 0 amide bonds. The van der Waals surface area contributed by atoms with Gasteiger partial charge < -0.3 is 10.3 Å². The molecule has 1 saturated carbocycles. The van der Waals surface area contributed by atoms with Crippen molar-refractivity contribution in [3.8, 4) is 0 Å². The van der Waals surface area contributed by atoms with Gasteiger partial charge >= 0.3 is 0 Å². The fourth-order valence-corrected chi connectivity index (χ4v) is 2.84. The number of aromatic nitrogens is 2. The molecular formula is C14H25N3O. The van der Waals surface area contributed by atoms with Crippen molar-refractivity contribution < 1.29 is 4.52 Å². The van der Waals surface area contributed by atoms with Crippen LogP contribution >= 0.6 is 0 Å². The van der Waals surface area contributed by atoms with Gasteiger partial charge in [0.2, 0.25) is 5.89 Å². The van der Waals surface area contributed by atoms with Crippen LogP contribution in [0.4, 0.5) is 0 Å². The van der Waals surface area contributed by atoms with Crippen LogP contribution in [0.3, 0.4) is 0 Å². The minimum atomic E-state index is -0.362. The lowest BCUT2D eigenvalue weighted by atomic mass is 9.90. The van der Waals surface area contributed by atoms with E-state index in [-0.39, 0.29) is 5.54 Å². The van der Waals surface area contributed by atoms with E-state index in [1.165, 1.54) is 25.7 Å². The Morgan fingerprint density at radius 1 is 1.33 bits per heavy atom. The van der Waals surface area contributed by atoms with Crippen LogP contribution in [0.1, 0.15) is 70.5 Å². The summed E-state index contributed by atoms with van der Waals surface area (Å²) < 4.78 is 5.28. The maximum Gasteiger partial charge on any atom is 0.226 e. The average Bonchev–Trinajstić information content (AvgIpc) is 2.75. The Morgan fingerprint density at radius 2 is 2.17 bits per heavy atom. The maximum atomic E-state index is 6.52. The molecule has 4 nitrogen and oxygen atoms in total. The zero-order valence-electron chi connectivity index (χ0n) is 11.6. The van der Waals surface area contributed by atoms with Gasteiger partial charge in [-0.1, -0.05) is 38.3 Å². The third-order valence-corrected chi connectivity index (χ3v) is 4.19. The third kappa shape index (κ3) is 2.91. The third-order valence-electron chi connectivity index (χ3n) is 4.19. The van der Waals surface area contributed by atoms with Crippen LogP contribution in [0.2, 0.25) is 0 Å². The highest BCUT2D eigenvalue weighted by atomic mass is 16.5. The van der Waals surface area contributed by atoms with Gasteiger partial charge in [-0.25, -0.2) is 0 Å². The second-order valence-corrected chi connectivity index (χ2v) is 5.62. The van der Waals surface area contributed by atoms with Crippen molar-refractivity contribution >= 4 is 0 Å². The number of aryl methyl sites for hydroxylation is 1. The Morgan fingerprint density at radius 3 is 2.89 bits per heavy atom. The predicted octanol–water partition coefficient (Wildman–Crippen LogP) is 3.17. The predicted molar refractivity (Wildman–Crippen MR) is 71.0 cm³/mol. The van der Waals surface area contributed by atoms with E-state index in [0.29, 0.717) is 0 Å². The molecule has 4 heteroatoms. The molecule has 0 spiro atoms. The van der Waals surface area contributed by atoms with E-state index in [4.69, 9.17) is 10.3 Å². The lowest BCUT2D eigenvalue weighted by Crippen LogP contribution is -2.37. The zero-order chi connectivity index (χ0) is 13.0. The smallest absolute Gasteiger partial charge is 0.226 e. The van der Waals surface area contributed by atoms with Crippen LogP contribution < -0.4 is 5.73 Å². The fourth-order valence-electron chi connectivity index (χ4n) is 2.84. The van der Waals surface area contributed by atoms with E-state index in [1.807, 2.05) is 0 Å². The summed E-state index contributed by atoms with van der Waals surface area (Å²) in [6.07, 6.45) is 8.73. The molecule has 0 aliphatic heterocycles. The first-order valence-corrected chi connectivity index (χ1v) is 7.30. The van der Waals surface area contributed by atoms with E-state index < -0.39 is 0 Å². The number of rotatable bonds is 4. The molecule has 1 aromatic heterocycles. The van der Waals surface area contributed by atoms with Gasteiger partial charge in [-0.2, -0.15) is 4.98 Å². The van der Waals surface area contributed by atoms with E-state index >= 15 is 0 Å². The molecule has 0 bridgehead atoms. The van der Waals surface area contributed by atoms with Gasteiger partial charge in [0.15, 0.2) is 5.82 Å². The lowest BCUT2D eigenvalue weighted by Gasteiger charge is -2.23. The van der Waals surface area contributed by atoms with E-state index in [9.17, 15) is 0 Å². The molecule has 0 radical (unpaired) electrons. The summed E-state index contributed by atoms with van der Waals surface area (Å²) in [5, 5.41) is 4.11. The monoisotopic (exact) mass is 251 g/mol. The highest BCUT2D eigenvalue weighted by Crippen LogP contribution is 2.35. The summed E-state index contributed by atoms with van der Waals surface area (Å²) >= 11 is 0. The fraction of sp³-hybridized carbons (Fsp3) is 0.857. The van der Waals surface area contributed by atoms with Crippen molar-refractivity contribution in [2.45, 2.75) is 70.8 Å². The molecule has 1 heterocycles. The van der Waals surface area contributed by atoms with E-state index in [0.717, 1.165) is 43.3 Å². The van der Waals surface area contributed by atoms with Gasteiger partial charge in [0.25, 0.3) is 0 Å². The van der Waals surface area contributed by atoms with Crippen molar-refractivity contribution in [1.82, 2.24) is 10.1 Å². The molecule has 102 valence electrons.